The molecule has 0 saturated carbocycles. The van der Waals surface area contributed by atoms with Crippen molar-refractivity contribution in [2.45, 2.75) is 13.0 Å². The lowest BCUT2D eigenvalue weighted by Gasteiger charge is -2.07. The fourth-order valence-corrected chi connectivity index (χ4v) is 3.62. The SMILES string of the molecule is O=C(NCCCn1cnc2ccccc21)c1ccc2noc(-c3ccccc3)c2c1. The predicted octanol–water partition coefficient (Wildman–Crippen LogP) is 4.66. The molecule has 1 amide bonds. The molecule has 2 aromatic heterocycles. The Morgan fingerprint density at radius 3 is 2.70 bits per heavy atom. The lowest BCUT2D eigenvalue weighted by atomic mass is 10.1. The van der Waals surface area contributed by atoms with E-state index in [1.165, 1.54) is 0 Å². The molecule has 2 heterocycles. The maximum atomic E-state index is 12.7. The van der Waals surface area contributed by atoms with Crippen LogP contribution >= 0.6 is 0 Å². The van der Waals surface area contributed by atoms with Crippen LogP contribution in [-0.2, 0) is 6.54 Å². The van der Waals surface area contributed by atoms with Crippen LogP contribution in [0.3, 0.4) is 0 Å². The number of nitrogens with one attached hydrogen (secondary N) is 1. The van der Waals surface area contributed by atoms with Crippen LogP contribution < -0.4 is 5.32 Å². The zero-order valence-corrected chi connectivity index (χ0v) is 16.3. The summed E-state index contributed by atoms with van der Waals surface area (Å²) in [5.41, 5.74) is 4.35. The minimum atomic E-state index is -0.104. The van der Waals surface area contributed by atoms with E-state index in [1.54, 1.807) is 6.07 Å². The van der Waals surface area contributed by atoms with Crippen molar-refractivity contribution < 1.29 is 9.32 Å². The average Bonchev–Trinajstić information content (AvgIpc) is 3.41. The number of aromatic nitrogens is 3. The Morgan fingerprint density at radius 1 is 0.967 bits per heavy atom. The zero-order valence-electron chi connectivity index (χ0n) is 16.3. The number of aryl methyl sites for hydroxylation is 1. The number of imidazole rings is 1. The summed E-state index contributed by atoms with van der Waals surface area (Å²) < 4.78 is 7.63. The summed E-state index contributed by atoms with van der Waals surface area (Å²) in [6.45, 7) is 1.38. The van der Waals surface area contributed by atoms with E-state index in [0.29, 0.717) is 17.9 Å². The van der Waals surface area contributed by atoms with Crippen LogP contribution in [0.1, 0.15) is 16.8 Å². The Bertz CT molecular complexity index is 1320. The number of benzene rings is 3. The van der Waals surface area contributed by atoms with E-state index < -0.39 is 0 Å². The molecule has 1 N–H and O–H groups in total. The van der Waals surface area contributed by atoms with Gasteiger partial charge in [0.05, 0.1) is 22.7 Å². The summed E-state index contributed by atoms with van der Waals surface area (Å²) in [4.78, 5) is 17.0. The fourth-order valence-electron chi connectivity index (χ4n) is 3.62. The van der Waals surface area contributed by atoms with Crippen LogP contribution in [0.15, 0.2) is 83.6 Å². The molecule has 5 aromatic rings. The van der Waals surface area contributed by atoms with Crippen molar-refractivity contribution in [2.75, 3.05) is 6.54 Å². The molecule has 0 saturated heterocycles. The van der Waals surface area contributed by atoms with Gasteiger partial charge < -0.3 is 14.4 Å². The lowest BCUT2D eigenvalue weighted by molar-refractivity contribution is 0.0953. The summed E-state index contributed by atoms with van der Waals surface area (Å²) in [5, 5.41) is 7.94. The summed E-state index contributed by atoms with van der Waals surface area (Å²) >= 11 is 0. The van der Waals surface area contributed by atoms with Gasteiger partial charge in [0.2, 0.25) is 0 Å². The molecule has 30 heavy (non-hydrogen) atoms. The second kappa shape index (κ2) is 7.83. The number of hydrogen-bond donors (Lipinski definition) is 1. The molecule has 0 radical (unpaired) electrons. The van der Waals surface area contributed by atoms with Gasteiger partial charge in [0, 0.05) is 24.2 Å². The van der Waals surface area contributed by atoms with E-state index in [4.69, 9.17) is 4.52 Å². The molecule has 0 unspecified atom stereocenters. The van der Waals surface area contributed by atoms with E-state index in [0.717, 1.165) is 40.5 Å². The van der Waals surface area contributed by atoms with E-state index in [1.807, 2.05) is 67.0 Å². The van der Waals surface area contributed by atoms with Gasteiger partial charge in [-0.05, 0) is 36.8 Å². The third-order valence-corrected chi connectivity index (χ3v) is 5.16. The Hall–Kier alpha value is -3.93. The predicted molar refractivity (Wildman–Crippen MR) is 116 cm³/mol. The first kappa shape index (κ1) is 18.1. The maximum Gasteiger partial charge on any atom is 0.251 e. The van der Waals surface area contributed by atoms with Crippen LogP contribution in [0.4, 0.5) is 0 Å². The molecule has 0 aliphatic heterocycles. The number of fused-ring (bicyclic) bond motifs is 2. The van der Waals surface area contributed by atoms with Crippen LogP contribution in [0.2, 0.25) is 0 Å². The number of amides is 1. The molecule has 0 aliphatic carbocycles. The highest BCUT2D eigenvalue weighted by Gasteiger charge is 2.13. The Labute approximate surface area is 173 Å². The van der Waals surface area contributed by atoms with Crippen molar-refractivity contribution in [3.05, 3.63) is 84.7 Å². The highest BCUT2D eigenvalue weighted by Crippen LogP contribution is 2.29. The minimum absolute atomic E-state index is 0.104. The van der Waals surface area contributed by atoms with Gasteiger partial charge in [0.1, 0.15) is 5.52 Å². The minimum Gasteiger partial charge on any atom is -0.355 e. The number of hydrogen-bond acceptors (Lipinski definition) is 4. The lowest BCUT2D eigenvalue weighted by Crippen LogP contribution is -2.25. The molecule has 148 valence electrons. The summed E-state index contributed by atoms with van der Waals surface area (Å²) in [6.07, 6.45) is 2.66. The molecule has 0 aliphatic rings. The molecular weight excluding hydrogens is 376 g/mol. The molecule has 5 rings (SSSR count). The van der Waals surface area contributed by atoms with Crippen LogP contribution in [-0.4, -0.2) is 27.2 Å². The second-order valence-corrected chi connectivity index (χ2v) is 7.15. The van der Waals surface area contributed by atoms with Gasteiger partial charge in [-0.25, -0.2) is 4.98 Å². The molecular formula is C24H20N4O2. The van der Waals surface area contributed by atoms with Crippen LogP contribution in [0.25, 0.3) is 33.3 Å². The van der Waals surface area contributed by atoms with Crippen molar-refractivity contribution in [3.8, 4) is 11.3 Å². The third-order valence-electron chi connectivity index (χ3n) is 5.16. The Morgan fingerprint density at radius 2 is 1.80 bits per heavy atom. The normalized spacial score (nSPS) is 11.2. The highest BCUT2D eigenvalue weighted by molar-refractivity contribution is 6.00. The summed E-state index contributed by atoms with van der Waals surface area (Å²) in [5.74, 6) is 0.569. The van der Waals surface area contributed by atoms with Crippen molar-refractivity contribution in [3.63, 3.8) is 0 Å². The Balaban J connectivity index is 1.26. The van der Waals surface area contributed by atoms with Crippen LogP contribution in [0.5, 0.6) is 0 Å². The van der Waals surface area contributed by atoms with Gasteiger partial charge in [0.25, 0.3) is 5.91 Å². The molecule has 3 aromatic carbocycles. The van der Waals surface area contributed by atoms with E-state index in [-0.39, 0.29) is 5.91 Å². The van der Waals surface area contributed by atoms with Crippen molar-refractivity contribution in [2.24, 2.45) is 0 Å². The van der Waals surface area contributed by atoms with Gasteiger partial charge in [-0.15, -0.1) is 0 Å². The van der Waals surface area contributed by atoms with Gasteiger partial charge in [-0.2, -0.15) is 0 Å². The van der Waals surface area contributed by atoms with E-state index in [9.17, 15) is 4.79 Å². The molecule has 6 heteroatoms. The third kappa shape index (κ3) is 3.43. The number of nitrogens with zero attached hydrogens (tertiary/aromatic N) is 3. The average molecular weight is 396 g/mol. The quantitative estimate of drug-likeness (QED) is 0.424. The summed E-state index contributed by atoms with van der Waals surface area (Å²) in [6, 6.07) is 23.3. The number of carbonyl (C=O) groups excluding carboxylic acids is 1. The number of rotatable bonds is 6. The largest absolute Gasteiger partial charge is 0.355 e. The molecule has 6 nitrogen and oxygen atoms in total. The van der Waals surface area contributed by atoms with E-state index in [2.05, 4.69) is 26.1 Å². The van der Waals surface area contributed by atoms with Crippen molar-refractivity contribution in [1.29, 1.82) is 0 Å². The maximum absolute atomic E-state index is 12.7. The van der Waals surface area contributed by atoms with Gasteiger partial charge in [-0.1, -0.05) is 47.6 Å². The van der Waals surface area contributed by atoms with Crippen LogP contribution in [0, 0.1) is 0 Å². The smallest absolute Gasteiger partial charge is 0.251 e. The Kier molecular flexibility index (Phi) is 4.73. The zero-order chi connectivity index (χ0) is 20.3. The van der Waals surface area contributed by atoms with Gasteiger partial charge >= 0.3 is 0 Å². The first-order chi connectivity index (χ1) is 14.8. The molecule has 0 atom stereocenters. The second-order valence-electron chi connectivity index (χ2n) is 7.15. The standard InChI is InChI=1S/C24H20N4O2/c29-24(25-13-6-14-28-16-26-21-9-4-5-10-22(21)28)18-11-12-20-19(15-18)23(30-27-20)17-7-2-1-3-8-17/h1-5,7-12,15-16H,6,13-14H2,(H,25,29). The van der Waals surface area contributed by atoms with Gasteiger partial charge in [-0.3, -0.25) is 4.79 Å². The molecule has 0 bridgehead atoms. The number of para-hydroxylation sites is 2. The van der Waals surface area contributed by atoms with E-state index >= 15 is 0 Å². The van der Waals surface area contributed by atoms with Crippen molar-refractivity contribution in [1.82, 2.24) is 20.0 Å². The topological polar surface area (TPSA) is 73.0 Å². The first-order valence-electron chi connectivity index (χ1n) is 9.92. The highest BCUT2D eigenvalue weighted by atomic mass is 16.5. The number of carbonyl (C=O) groups is 1. The van der Waals surface area contributed by atoms with Crippen molar-refractivity contribution >= 4 is 27.8 Å². The summed E-state index contributed by atoms with van der Waals surface area (Å²) in [7, 11) is 0. The molecule has 0 fully saturated rings. The molecule has 0 spiro atoms. The first-order valence-corrected chi connectivity index (χ1v) is 9.92. The van der Waals surface area contributed by atoms with Gasteiger partial charge in [0.15, 0.2) is 5.76 Å². The fraction of sp³-hybridized carbons (Fsp3) is 0.125. The monoisotopic (exact) mass is 396 g/mol.